The van der Waals surface area contributed by atoms with Crippen LogP contribution in [0.25, 0.3) is 10.2 Å². The minimum absolute atomic E-state index is 0. The van der Waals surface area contributed by atoms with E-state index in [1.54, 1.807) is 10.7 Å². The van der Waals surface area contributed by atoms with Crippen LogP contribution < -0.4 is 10.6 Å². The second kappa shape index (κ2) is 6.74. The van der Waals surface area contributed by atoms with Crippen molar-refractivity contribution in [3.8, 4) is 0 Å². The average Bonchev–Trinajstić information content (AvgIpc) is 3.12. The van der Waals surface area contributed by atoms with Gasteiger partial charge in [-0.2, -0.15) is 5.10 Å². The molecule has 0 bridgehead atoms. The first-order chi connectivity index (χ1) is 11.5. The first-order valence-electron chi connectivity index (χ1n) is 7.80. The monoisotopic (exact) mass is 380 g/mol. The maximum absolute atomic E-state index is 14.6. The van der Waals surface area contributed by atoms with Gasteiger partial charge in [0.2, 0.25) is 0 Å². The molecule has 1 aliphatic rings. The zero-order valence-electron chi connectivity index (χ0n) is 13.9. The van der Waals surface area contributed by atoms with Gasteiger partial charge in [0.25, 0.3) is 5.91 Å². The largest absolute Gasteiger partial charge is 0.319 e. The quantitative estimate of drug-likeness (QED) is 0.716. The molecular formula is C17H18ClFN4OS. The summed E-state index contributed by atoms with van der Waals surface area (Å²) in [4.78, 5) is 14.0. The van der Waals surface area contributed by atoms with Crippen molar-refractivity contribution in [2.45, 2.75) is 19.9 Å². The van der Waals surface area contributed by atoms with Crippen LogP contribution in [0.4, 0.5) is 10.1 Å². The molecule has 25 heavy (non-hydrogen) atoms. The predicted octanol–water partition coefficient (Wildman–Crippen LogP) is 3.40. The molecule has 0 aliphatic carbocycles. The van der Waals surface area contributed by atoms with Gasteiger partial charge in [0.1, 0.15) is 10.6 Å². The Labute approximate surface area is 154 Å². The van der Waals surface area contributed by atoms with Gasteiger partial charge in [-0.05, 0) is 43.1 Å². The first-order valence-corrected chi connectivity index (χ1v) is 8.61. The fourth-order valence-electron chi connectivity index (χ4n) is 3.13. The minimum atomic E-state index is -0.318. The maximum atomic E-state index is 14.6. The third-order valence-corrected chi connectivity index (χ3v) is 5.58. The van der Waals surface area contributed by atoms with Crippen molar-refractivity contribution in [3.63, 3.8) is 0 Å². The Kier molecular flexibility index (Phi) is 4.81. The lowest BCUT2D eigenvalue weighted by Gasteiger charge is -2.19. The van der Waals surface area contributed by atoms with Crippen LogP contribution in [0.5, 0.6) is 0 Å². The number of thiophene rings is 1. The number of benzene rings is 1. The fourth-order valence-corrected chi connectivity index (χ4v) is 4.15. The number of halogens is 2. The summed E-state index contributed by atoms with van der Waals surface area (Å²) in [7, 11) is 1.85. The van der Waals surface area contributed by atoms with Crippen molar-refractivity contribution < 1.29 is 9.18 Å². The van der Waals surface area contributed by atoms with Crippen LogP contribution in [0, 0.1) is 12.7 Å². The molecule has 3 aromatic rings. The van der Waals surface area contributed by atoms with Gasteiger partial charge in [-0.3, -0.25) is 9.48 Å². The second-order valence-corrected chi connectivity index (χ2v) is 7.01. The number of fused-ring (bicyclic) bond motifs is 2. The highest BCUT2D eigenvalue weighted by Gasteiger charge is 2.20. The molecule has 0 radical (unpaired) electrons. The molecule has 0 saturated carbocycles. The number of carbonyl (C=O) groups excluding carboxylic acids is 1. The van der Waals surface area contributed by atoms with Gasteiger partial charge in [-0.15, -0.1) is 23.7 Å². The van der Waals surface area contributed by atoms with Gasteiger partial charge in [0.05, 0.1) is 16.3 Å². The van der Waals surface area contributed by atoms with Crippen molar-refractivity contribution in [2.75, 3.05) is 11.9 Å². The topological polar surface area (TPSA) is 59.0 Å². The maximum Gasteiger partial charge on any atom is 0.265 e. The van der Waals surface area contributed by atoms with E-state index in [0.717, 1.165) is 28.0 Å². The summed E-state index contributed by atoms with van der Waals surface area (Å²) >= 11 is 1.36. The van der Waals surface area contributed by atoms with Crippen LogP contribution in [0.2, 0.25) is 0 Å². The lowest BCUT2D eigenvalue weighted by atomic mass is 9.99. The van der Waals surface area contributed by atoms with Crippen molar-refractivity contribution in [1.29, 1.82) is 0 Å². The molecule has 8 heteroatoms. The van der Waals surface area contributed by atoms with Gasteiger partial charge in [0, 0.05) is 19.0 Å². The number of rotatable bonds is 2. The molecule has 0 spiro atoms. The zero-order chi connectivity index (χ0) is 16.8. The number of hydrogen-bond acceptors (Lipinski definition) is 4. The SMILES string of the molecule is Cc1nn(C)c2sc(C(=O)Nc3ccc4c(c3F)CCNC4)cc12.Cl. The van der Waals surface area contributed by atoms with Gasteiger partial charge in [-0.1, -0.05) is 6.07 Å². The van der Waals surface area contributed by atoms with E-state index >= 15 is 0 Å². The molecule has 1 aromatic carbocycles. The van der Waals surface area contributed by atoms with E-state index in [-0.39, 0.29) is 29.8 Å². The molecule has 0 atom stereocenters. The van der Waals surface area contributed by atoms with Gasteiger partial charge in [0.15, 0.2) is 0 Å². The second-order valence-electron chi connectivity index (χ2n) is 5.98. The molecule has 0 fully saturated rings. The summed E-state index contributed by atoms with van der Waals surface area (Å²) < 4.78 is 16.4. The Morgan fingerprint density at radius 3 is 3.00 bits per heavy atom. The van der Waals surface area contributed by atoms with E-state index in [1.807, 2.05) is 26.1 Å². The van der Waals surface area contributed by atoms with Crippen LogP contribution >= 0.6 is 23.7 Å². The number of carbonyl (C=O) groups is 1. The number of hydrogen-bond donors (Lipinski definition) is 2. The zero-order valence-corrected chi connectivity index (χ0v) is 15.5. The Hall–Kier alpha value is -1.96. The highest BCUT2D eigenvalue weighted by Crippen LogP contribution is 2.29. The predicted molar refractivity (Wildman–Crippen MR) is 100 cm³/mol. The Morgan fingerprint density at radius 2 is 2.24 bits per heavy atom. The standard InChI is InChI=1S/C17H17FN4OS.ClH/c1-9-12-7-14(24-17(12)22(2)21-9)16(23)20-13-4-3-10-8-19-6-5-11(10)15(13)18;/h3-4,7,19H,5-6,8H2,1-2H3,(H,20,23);1H. The summed E-state index contributed by atoms with van der Waals surface area (Å²) in [6.45, 7) is 3.33. The van der Waals surface area contributed by atoms with Crippen LogP contribution in [0.1, 0.15) is 26.5 Å². The molecule has 1 aliphatic heterocycles. The molecule has 0 saturated heterocycles. The lowest BCUT2D eigenvalue weighted by Crippen LogP contribution is -2.25. The number of amides is 1. The van der Waals surface area contributed by atoms with E-state index < -0.39 is 0 Å². The third kappa shape index (κ3) is 3.03. The first kappa shape index (κ1) is 17.8. The molecule has 2 N–H and O–H groups in total. The summed E-state index contributed by atoms with van der Waals surface area (Å²) in [5, 5.41) is 11.2. The number of nitrogens with one attached hydrogen (secondary N) is 2. The highest BCUT2D eigenvalue weighted by atomic mass is 35.5. The minimum Gasteiger partial charge on any atom is -0.319 e. The molecule has 3 heterocycles. The molecule has 132 valence electrons. The summed E-state index contributed by atoms with van der Waals surface area (Å²) in [6, 6.07) is 5.33. The molecule has 5 nitrogen and oxygen atoms in total. The van der Waals surface area contributed by atoms with Crippen molar-refractivity contribution in [2.24, 2.45) is 7.05 Å². The van der Waals surface area contributed by atoms with Crippen LogP contribution in [0.3, 0.4) is 0 Å². The van der Waals surface area contributed by atoms with Crippen LogP contribution in [-0.4, -0.2) is 22.2 Å². The van der Waals surface area contributed by atoms with Gasteiger partial charge >= 0.3 is 0 Å². The van der Waals surface area contributed by atoms with E-state index in [1.165, 1.54) is 11.3 Å². The fraction of sp³-hybridized carbons (Fsp3) is 0.294. The Morgan fingerprint density at radius 1 is 1.44 bits per heavy atom. The number of aryl methyl sites for hydroxylation is 2. The van der Waals surface area contributed by atoms with E-state index in [0.29, 0.717) is 23.4 Å². The number of aromatic nitrogens is 2. The number of nitrogens with zero attached hydrogens (tertiary/aromatic N) is 2. The molecule has 4 rings (SSSR count). The van der Waals surface area contributed by atoms with Crippen LogP contribution in [-0.2, 0) is 20.0 Å². The van der Waals surface area contributed by atoms with Crippen molar-refractivity contribution in [1.82, 2.24) is 15.1 Å². The summed E-state index contributed by atoms with van der Waals surface area (Å²) in [5.74, 6) is -0.607. The Balaban J connectivity index is 0.00000182. The van der Waals surface area contributed by atoms with Crippen molar-refractivity contribution in [3.05, 3.63) is 45.7 Å². The third-order valence-electron chi connectivity index (χ3n) is 4.38. The molecule has 0 unspecified atom stereocenters. The summed E-state index contributed by atoms with van der Waals surface area (Å²) in [5.41, 5.74) is 2.78. The smallest absolute Gasteiger partial charge is 0.265 e. The van der Waals surface area contributed by atoms with E-state index in [4.69, 9.17) is 0 Å². The molecule has 2 aromatic heterocycles. The molecule has 1 amide bonds. The number of anilines is 1. The normalized spacial score (nSPS) is 13.4. The average molecular weight is 381 g/mol. The lowest BCUT2D eigenvalue weighted by molar-refractivity contribution is 0.103. The van der Waals surface area contributed by atoms with E-state index in [9.17, 15) is 9.18 Å². The highest BCUT2D eigenvalue weighted by molar-refractivity contribution is 7.20. The van der Waals surface area contributed by atoms with Gasteiger partial charge < -0.3 is 10.6 Å². The summed E-state index contributed by atoms with van der Waals surface area (Å²) in [6.07, 6.45) is 0.638. The molecular weight excluding hydrogens is 363 g/mol. The van der Waals surface area contributed by atoms with Gasteiger partial charge in [-0.25, -0.2) is 4.39 Å². The van der Waals surface area contributed by atoms with E-state index in [2.05, 4.69) is 15.7 Å². The van der Waals surface area contributed by atoms with Crippen LogP contribution in [0.15, 0.2) is 18.2 Å². The van der Waals surface area contributed by atoms with Crippen molar-refractivity contribution >= 4 is 45.6 Å². The Bertz CT molecular complexity index is 931.